The number of rotatable bonds is 8. The monoisotopic (exact) mass is 515 g/mol. The summed E-state index contributed by atoms with van der Waals surface area (Å²) in [5, 5.41) is 0. The molecule has 0 radical (unpaired) electrons. The van der Waals surface area contributed by atoms with Gasteiger partial charge in [-0.05, 0) is 120 Å². The SMILES string of the molecule is CCN(c1c(C)c(C(N)=O)cc(-c2ccncc2)c1Cc1c(C)cc(C)[nH]c1=O)C1CCC(N(C)C)CC1. The molecule has 0 spiro atoms. The van der Waals surface area contributed by atoms with Crippen LogP contribution in [0.4, 0.5) is 5.69 Å². The van der Waals surface area contributed by atoms with Gasteiger partial charge in [0.25, 0.3) is 5.56 Å². The van der Waals surface area contributed by atoms with Gasteiger partial charge in [-0.25, -0.2) is 0 Å². The maximum absolute atomic E-state index is 13.2. The number of nitrogens with two attached hydrogens (primary N) is 1. The third-order valence-corrected chi connectivity index (χ3v) is 8.23. The van der Waals surface area contributed by atoms with Crippen LogP contribution in [0.5, 0.6) is 0 Å². The van der Waals surface area contributed by atoms with Gasteiger partial charge in [-0.2, -0.15) is 0 Å². The van der Waals surface area contributed by atoms with E-state index in [0.29, 0.717) is 24.1 Å². The highest BCUT2D eigenvalue weighted by Gasteiger charge is 2.31. The lowest BCUT2D eigenvalue weighted by atomic mass is 9.85. The summed E-state index contributed by atoms with van der Waals surface area (Å²) < 4.78 is 0. The molecule has 1 aliphatic carbocycles. The molecule has 1 fully saturated rings. The average molecular weight is 516 g/mol. The van der Waals surface area contributed by atoms with Gasteiger partial charge in [-0.15, -0.1) is 0 Å². The number of nitrogens with zero attached hydrogens (tertiary/aromatic N) is 3. The molecule has 4 rings (SSSR count). The van der Waals surface area contributed by atoms with Crippen molar-refractivity contribution in [1.82, 2.24) is 14.9 Å². The van der Waals surface area contributed by atoms with E-state index < -0.39 is 5.91 Å². The van der Waals surface area contributed by atoms with Crippen LogP contribution < -0.4 is 16.2 Å². The minimum atomic E-state index is -0.442. The molecule has 0 unspecified atom stereocenters. The molecule has 0 atom stereocenters. The molecule has 2 heterocycles. The van der Waals surface area contributed by atoms with Crippen LogP contribution in [-0.2, 0) is 6.42 Å². The first-order valence-electron chi connectivity index (χ1n) is 13.6. The Balaban J connectivity index is 1.96. The van der Waals surface area contributed by atoms with Crippen molar-refractivity contribution in [2.75, 3.05) is 25.5 Å². The molecule has 1 aliphatic rings. The summed E-state index contributed by atoms with van der Waals surface area (Å²) in [6, 6.07) is 8.76. The van der Waals surface area contributed by atoms with Gasteiger partial charge in [0.1, 0.15) is 0 Å². The Morgan fingerprint density at radius 3 is 2.21 bits per heavy atom. The predicted molar refractivity (Wildman–Crippen MR) is 155 cm³/mol. The lowest BCUT2D eigenvalue weighted by Crippen LogP contribution is -2.43. The van der Waals surface area contributed by atoms with Crippen LogP contribution in [0.25, 0.3) is 11.1 Å². The zero-order valence-electron chi connectivity index (χ0n) is 23.6. The third kappa shape index (κ3) is 5.53. The largest absolute Gasteiger partial charge is 0.368 e. The number of anilines is 1. The molecule has 0 bridgehead atoms. The summed E-state index contributed by atoms with van der Waals surface area (Å²) >= 11 is 0. The van der Waals surface area contributed by atoms with E-state index in [0.717, 1.165) is 77.0 Å². The van der Waals surface area contributed by atoms with Gasteiger partial charge in [0.15, 0.2) is 0 Å². The number of H-pyrrole nitrogens is 1. The molecule has 0 saturated heterocycles. The van der Waals surface area contributed by atoms with Crippen LogP contribution in [0.3, 0.4) is 0 Å². The normalized spacial score (nSPS) is 17.6. The highest BCUT2D eigenvalue weighted by molar-refractivity contribution is 5.99. The fraction of sp³-hybridized carbons (Fsp3) is 0.452. The van der Waals surface area contributed by atoms with Crippen LogP contribution in [-0.4, -0.2) is 53.5 Å². The van der Waals surface area contributed by atoms with Crippen molar-refractivity contribution in [3.8, 4) is 11.1 Å². The number of amides is 1. The van der Waals surface area contributed by atoms with Crippen LogP contribution in [0, 0.1) is 20.8 Å². The lowest BCUT2D eigenvalue weighted by Gasteiger charge is -2.41. The van der Waals surface area contributed by atoms with Gasteiger partial charge in [-0.3, -0.25) is 14.6 Å². The van der Waals surface area contributed by atoms with Crippen LogP contribution in [0.15, 0.2) is 41.5 Å². The van der Waals surface area contributed by atoms with E-state index >= 15 is 0 Å². The van der Waals surface area contributed by atoms with Gasteiger partial charge in [0.2, 0.25) is 5.91 Å². The Bertz CT molecular complexity index is 1350. The molecular weight excluding hydrogens is 474 g/mol. The van der Waals surface area contributed by atoms with Crippen molar-refractivity contribution < 1.29 is 4.79 Å². The number of aromatic nitrogens is 2. The first kappa shape index (κ1) is 27.6. The molecule has 202 valence electrons. The molecule has 38 heavy (non-hydrogen) atoms. The van der Waals surface area contributed by atoms with Crippen molar-refractivity contribution in [3.05, 3.63) is 80.5 Å². The summed E-state index contributed by atoms with van der Waals surface area (Å²) in [7, 11) is 4.31. The average Bonchev–Trinajstić information content (AvgIpc) is 2.88. The number of hydrogen-bond donors (Lipinski definition) is 2. The molecule has 7 nitrogen and oxygen atoms in total. The number of hydrogen-bond acceptors (Lipinski definition) is 5. The summed E-state index contributed by atoms with van der Waals surface area (Å²) in [6.07, 6.45) is 8.38. The second-order valence-corrected chi connectivity index (χ2v) is 10.9. The van der Waals surface area contributed by atoms with E-state index in [1.54, 1.807) is 12.4 Å². The summed E-state index contributed by atoms with van der Waals surface area (Å²) in [5.74, 6) is -0.442. The molecule has 7 heteroatoms. The van der Waals surface area contributed by atoms with Gasteiger partial charge in [0, 0.05) is 60.0 Å². The summed E-state index contributed by atoms with van der Waals surface area (Å²) in [5.41, 5.74) is 13.8. The fourth-order valence-electron chi connectivity index (χ4n) is 6.20. The molecule has 1 saturated carbocycles. The molecule has 2 aromatic heterocycles. The molecule has 3 N–H and O–H groups in total. The zero-order chi connectivity index (χ0) is 27.6. The number of pyridine rings is 2. The minimum Gasteiger partial charge on any atom is -0.368 e. The van der Waals surface area contributed by atoms with Crippen molar-refractivity contribution >= 4 is 11.6 Å². The smallest absolute Gasteiger partial charge is 0.251 e. The van der Waals surface area contributed by atoms with E-state index in [2.05, 4.69) is 40.8 Å². The van der Waals surface area contributed by atoms with Gasteiger partial charge >= 0.3 is 0 Å². The molecule has 1 aromatic carbocycles. The van der Waals surface area contributed by atoms with E-state index in [1.807, 2.05) is 45.0 Å². The van der Waals surface area contributed by atoms with Crippen LogP contribution in [0.1, 0.15) is 70.9 Å². The number of aromatic amines is 1. The first-order chi connectivity index (χ1) is 18.1. The maximum Gasteiger partial charge on any atom is 0.251 e. The minimum absolute atomic E-state index is 0.0692. The number of carbonyl (C=O) groups excluding carboxylic acids is 1. The quantitative estimate of drug-likeness (QED) is 0.451. The van der Waals surface area contributed by atoms with E-state index in [1.165, 1.54) is 0 Å². The van der Waals surface area contributed by atoms with E-state index in [9.17, 15) is 9.59 Å². The van der Waals surface area contributed by atoms with Crippen molar-refractivity contribution in [3.63, 3.8) is 0 Å². The van der Waals surface area contributed by atoms with Gasteiger partial charge < -0.3 is 20.5 Å². The Morgan fingerprint density at radius 1 is 1.03 bits per heavy atom. The highest BCUT2D eigenvalue weighted by atomic mass is 16.1. The van der Waals surface area contributed by atoms with E-state index in [-0.39, 0.29) is 5.56 Å². The zero-order valence-corrected chi connectivity index (χ0v) is 23.6. The number of primary amides is 1. The van der Waals surface area contributed by atoms with Crippen molar-refractivity contribution in [2.45, 2.75) is 71.9 Å². The summed E-state index contributed by atoms with van der Waals surface area (Å²) in [4.78, 5) is 37.9. The predicted octanol–water partition coefficient (Wildman–Crippen LogP) is 4.75. The highest BCUT2D eigenvalue weighted by Crippen LogP contribution is 2.40. The first-order valence-corrected chi connectivity index (χ1v) is 13.6. The van der Waals surface area contributed by atoms with Crippen LogP contribution in [0.2, 0.25) is 0 Å². The topological polar surface area (TPSA) is 95.3 Å². The van der Waals surface area contributed by atoms with Crippen molar-refractivity contribution in [1.29, 1.82) is 0 Å². The Morgan fingerprint density at radius 2 is 1.66 bits per heavy atom. The molecular formula is C31H41N5O2. The molecule has 0 aliphatic heterocycles. The Hall–Kier alpha value is -3.45. The maximum atomic E-state index is 13.2. The van der Waals surface area contributed by atoms with E-state index in [4.69, 9.17) is 5.73 Å². The Kier molecular flexibility index (Phi) is 8.36. The number of aryl methyl sites for hydroxylation is 2. The summed E-state index contributed by atoms with van der Waals surface area (Å²) in [6.45, 7) is 8.87. The standard InChI is InChI=1S/C31H41N5O2/c1-7-36(24-10-8-23(9-11-24)35(5)6)29-21(4)26(30(32)37)18-27(22-12-14-33-15-13-22)28(29)17-25-19(2)16-20(3)34-31(25)38/h12-16,18,23-24H,7-11,17H2,1-6H3,(H2,32,37)(H,34,38). The second kappa shape index (κ2) is 11.5. The number of carbonyl (C=O) groups is 1. The number of benzene rings is 1. The van der Waals surface area contributed by atoms with Crippen molar-refractivity contribution in [2.24, 2.45) is 5.73 Å². The van der Waals surface area contributed by atoms with Crippen LogP contribution >= 0.6 is 0 Å². The third-order valence-electron chi connectivity index (χ3n) is 8.23. The number of nitrogens with one attached hydrogen (secondary N) is 1. The fourth-order valence-corrected chi connectivity index (χ4v) is 6.20. The van der Waals surface area contributed by atoms with Gasteiger partial charge in [0.05, 0.1) is 0 Å². The molecule has 1 amide bonds. The lowest BCUT2D eigenvalue weighted by molar-refractivity contribution is 0.0999. The Labute approximate surface area is 226 Å². The van der Waals surface area contributed by atoms with Gasteiger partial charge in [-0.1, -0.05) is 0 Å². The second-order valence-electron chi connectivity index (χ2n) is 10.9. The molecule has 3 aromatic rings.